The predicted octanol–water partition coefficient (Wildman–Crippen LogP) is 2.55. The summed E-state index contributed by atoms with van der Waals surface area (Å²) in [5.41, 5.74) is 0.726. The Hall–Kier alpha value is -1.88. The topological polar surface area (TPSA) is 66.8 Å². The predicted molar refractivity (Wildman–Crippen MR) is 89.2 cm³/mol. The van der Waals surface area contributed by atoms with Gasteiger partial charge >= 0.3 is 5.97 Å². The summed E-state index contributed by atoms with van der Waals surface area (Å²) in [4.78, 5) is 25.7. The van der Waals surface area contributed by atoms with Gasteiger partial charge in [-0.3, -0.25) is 9.59 Å². The Kier molecular flexibility index (Phi) is 4.63. The van der Waals surface area contributed by atoms with Gasteiger partial charge in [0.05, 0.1) is 24.5 Å². The van der Waals surface area contributed by atoms with Crippen molar-refractivity contribution >= 4 is 11.9 Å². The Morgan fingerprint density at radius 1 is 1.17 bits per heavy atom. The summed E-state index contributed by atoms with van der Waals surface area (Å²) in [6.45, 7) is 5.62. The number of aliphatic carboxylic acids is 1. The molecule has 24 heavy (non-hydrogen) atoms. The fraction of sp³-hybridized carbons (Fsp3) is 0.579. The van der Waals surface area contributed by atoms with Crippen molar-refractivity contribution in [3.8, 4) is 0 Å². The Bertz CT molecular complexity index is 605. The van der Waals surface area contributed by atoms with Gasteiger partial charge in [-0.1, -0.05) is 44.2 Å². The number of amides is 1. The molecular formula is C19H25NO4. The molecule has 0 aromatic heterocycles. The maximum Gasteiger partial charge on any atom is 0.307 e. The van der Waals surface area contributed by atoms with Crippen molar-refractivity contribution < 1.29 is 19.4 Å². The number of likely N-dealkylation sites (tertiary alicyclic amines) is 1. The number of carboxylic acid groups (broad SMARTS) is 1. The fourth-order valence-corrected chi connectivity index (χ4v) is 3.79. The zero-order valence-corrected chi connectivity index (χ0v) is 14.3. The summed E-state index contributed by atoms with van der Waals surface area (Å²) in [7, 11) is 0. The number of hydrogen-bond donors (Lipinski definition) is 1. The van der Waals surface area contributed by atoms with E-state index in [0.29, 0.717) is 19.7 Å². The van der Waals surface area contributed by atoms with Crippen LogP contribution in [0.15, 0.2) is 30.3 Å². The summed E-state index contributed by atoms with van der Waals surface area (Å²) in [6.07, 6.45) is 1.78. The van der Waals surface area contributed by atoms with Crippen LogP contribution < -0.4 is 0 Å². The van der Waals surface area contributed by atoms with Crippen LogP contribution in [0.3, 0.4) is 0 Å². The van der Waals surface area contributed by atoms with E-state index in [-0.39, 0.29) is 17.9 Å². The first kappa shape index (κ1) is 17.0. The molecule has 0 radical (unpaired) electrons. The van der Waals surface area contributed by atoms with E-state index >= 15 is 0 Å². The van der Waals surface area contributed by atoms with Gasteiger partial charge in [0, 0.05) is 13.1 Å². The van der Waals surface area contributed by atoms with E-state index in [1.807, 2.05) is 49.1 Å². The number of carboxylic acids is 1. The molecule has 0 unspecified atom stereocenters. The van der Waals surface area contributed by atoms with Crippen molar-refractivity contribution in [2.24, 2.45) is 17.3 Å². The molecule has 2 atom stereocenters. The molecular weight excluding hydrogens is 306 g/mol. The molecule has 2 aliphatic rings. The highest BCUT2D eigenvalue weighted by Gasteiger charge is 2.66. The van der Waals surface area contributed by atoms with Crippen LogP contribution in [-0.2, 0) is 20.9 Å². The first-order valence-corrected chi connectivity index (χ1v) is 8.58. The van der Waals surface area contributed by atoms with Crippen LogP contribution in [0.4, 0.5) is 0 Å². The SMILES string of the molecule is CC1(C)[C@H](C(=O)O)[C@@H]1C(=O)N1CCC(OCc2ccccc2)CC1. The molecule has 5 heteroatoms. The van der Waals surface area contributed by atoms with E-state index in [0.717, 1.165) is 18.4 Å². The zero-order valence-electron chi connectivity index (χ0n) is 14.3. The average molecular weight is 331 g/mol. The minimum Gasteiger partial charge on any atom is -0.481 e. The van der Waals surface area contributed by atoms with Gasteiger partial charge in [0.2, 0.25) is 5.91 Å². The molecule has 130 valence electrons. The van der Waals surface area contributed by atoms with E-state index in [4.69, 9.17) is 4.74 Å². The first-order chi connectivity index (χ1) is 11.4. The molecule has 0 spiro atoms. The molecule has 1 amide bonds. The molecule has 5 nitrogen and oxygen atoms in total. The summed E-state index contributed by atoms with van der Waals surface area (Å²) in [5.74, 6) is -1.79. The second-order valence-electron chi connectivity index (χ2n) is 7.44. The number of rotatable bonds is 5. The van der Waals surface area contributed by atoms with Crippen LogP contribution in [0, 0.1) is 17.3 Å². The molecule has 1 aromatic rings. The normalized spacial score (nSPS) is 26.2. The number of carbonyl (C=O) groups excluding carboxylic acids is 1. The van der Waals surface area contributed by atoms with E-state index in [2.05, 4.69) is 0 Å². The van der Waals surface area contributed by atoms with Crippen molar-refractivity contribution in [1.29, 1.82) is 0 Å². The van der Waals surface area contributed by atoms with Crippen molar-refractivity contribution in [3.63, 3.8) is 0 Å². The Balaban J connectivity index is 1.47. The molecule has 3 rings (SSSR count). The zero-order chi connectivity index (χ0) is 17.3. The number of hydrogen-bond acceptors (Lipinski definition) is 3. The van der Waals surface area contributed by atoms with Crippen LogP contribution >= 0.6 is 0 Å². The van der Waals surface area contributed by atoms with Crippen molar-refractivity contribution in [3.05, 3.63) is 35.9 Å². The van der Waals surface area contributed by atoms with Crippen LogP contribution in [0.1, 0.15) is 32.3 Å². The molecule has 1 aliphatic carbocycles. The monoisotopic (exact) mass is 331 g/mol. The summed E-state index contributed by atoms with van der Waals surface area (Å²) >= 11 is 0. The fourth-order valence-electron chi connectivity index (χ4n) is 3.79. The third kappa shape index (κ3) is 3.31. The third-order valence-corrected chi connectivity index (χ3v) is 5.44. The van der Waals surface area contributed by atoms with E-state index < -0.39 is 17.3 Å². The lowest BCUT2D eigenvalue weighted by Gasteiger charge is -2.32. The highest BCUT2D eigenvalue weighted by atomic mass is 16.5. The van der Waals surface area contributed by atoms with Gasteiger partial charge in [-0.05, 0) is 23.8 Å². The van der Waals surface area contributed by atoms with E-state index in [1.165, 1.54) is 0 Å². The Morgan fingerprint density at radius 3 is 2.33 bits per heavy atom. The van der Waals surface area contributed by atoms with Gasteiger partial charge in [0.25, 0.3) is 0 Å². The molecule has 1 N–H and O–H groups in total. The second-order valence-corrected chi connectivity index (χ2v) is 7.44. The number of carbonyl (C=O) groups is 2. The maximum absolute atomic E-state index is 12.6. The van der Waals surface area contributed by atoms with Gasteiger partial charge in [0.1, 0.15) is 0 Å². The average Bonchev–Trinajstić information content (AvgIpc) is 3.16. The van der Waals surface area contributed by atoms with Gasteiger partial charge in [-0.15, -0.1) is 0 Å². The first-order valence-electron chi connectivity index (χ1n) is 8.58. The van der Waals surface area contributed by atoms with E-state index in [9.17, 15) is 14.7 Å². The number of benzene rings is 1. The van der Waals surface area contributed by atoms with Gasteiger partial charge in [-0.2, -0.15) is 0 Å². The quantitative estimate of drug-likeness (QED) is 0.900. The van der Waals surface area contributed by atoms with Crippen LogP contribution in [-0.4, -0.2) is 41.1 Å². The van der Waals surface area contributed by atoms with Crippen molar-refractivity contribution in [1.82, 2.24) is 4.90 Å². The van der Waals surface area contributed by atoms with Gasteiger partial charge in [0.15, 0.2) is 0 Å². The molecule has 1 heterocycles. The molecule has 1 aliphatic heterocycles. The van der Waals surface area contributed by atoms with Crippen molar-refractivity contribution in [2.75, 3.05) is 13.1 Å². The molecule has 2 fully saturated rings. The molecule has 0 bridgehead atoms. The smallest absolute Gasteiger partial charge is 0.307 e. The lowest BCUT2D eigenvalue weighted by molar-refractivity contribution is -0.143. The standard InChI is InChI=1S/C19H25NO4/c1-19(2)15(16(19)18(22)23)17(21)20-10-8-14(9-11-20)24-12-13-6-4-3-5-7-13/h3-7,14-16H,8-12H2,1-2H3,(H,22,23)/t15-,16+/m1/s1. The lowest BCUT2D eigenvalue weighted by atomic mass is 10.0. The summed E-state index contributed by atoms with van der Waals surface area (Å²) in [6, 6.07) is 10.1. The molecule has 1 saturated carbocycles. The summed E-state index contributed by atoms with van der Waals surface area (Å²) < 4.78 is 5.94. The van der Waals surface area contributed by atoms with Crippen LogP contribution in [0.5, 0.6) is 0 Å². The number of piperidine rings is 1. The minimum atomic E-state index is -0.862. The largest absolute Gasteiger partial charge is 0.481 e. The second kappa shape index (κ2) is 6.55. The minimum absolute atomic E-state index is 0.00564. The lowest BCUT2D eigenvalue weighted by Crippen LogP contribution is -2.42. The maximum atomic E-state index is 12.6. The van der Waals surface area contributed by atoms with Crippen LogP contribution in [0.25, 0.3) is 0 Å². The van der Waals surface area contributed by atoms with Crippen LogP contribution in [0.2, 0.25) is 0 Å². The molecule has 1 saturated heterocycles. The Morgan fingerprint density at radius 2 is 1.79 bits per heavy atom. The third-order valence-electron chi connectivity index (χ3n) is 5.44. The highest BCUT2D eigenvalue weighted by Crippen LogP contribution is 2.59. The molecule has 1 aromatic carbocycles. The number of ether oxygens (including phenoxy) is 1. The van der Waals surface area contributed by atoms with Gasteiger partial charge < -0.3 is 14.7 Å². The van der Waals surface area contributed by atoms with Crippen molar-refractivity contribution in [2.45, 2.75) is 39.4 Å². The summed E-state index contributed by atoms with van der Waals surface area (Å²) in [5, 5.41) is 9.24. The van der Waals surface area contributed by atoms with E-state index in [1.54, 1.807) is 0 Å². The van der Waals surface area contributed by atoms with Gasteiger partial charge in [-0.25, -0.2) is 0 Å². The number of nitrogens with zero attached hydrogens (tertiary/aromatic N) is 1. The Labute approximate surface area is 142 Å². The highest BCUT2D eigenvalue weighted by molar-refractivity contribution is 5.91.